The van der Waals surface area contributed by atoms with Crippen LogP contribution in [0.3, 0.4) is 0 Å². The van der Waals surface area contributed by atoms with Crippen molar-refractivity contribution in [3.05, 3.63) is 70.9 Å². The lowest BCUT2D eigenvalue weighted by Crippen LogP contribution is -2.07. The molecule has 1 aliphatic rings. The molecule has 0 fully saturated rings. The van der Waals surface area contributed by atoms with Crippen LogP contribution < -0.4 is 5.32 Å². The lowest BCUT2D eigenvalue weighted by molar-refractivity contribution is 0.552. The quantitative estimate of drug-likeness (QED) is 0.659. The Balaban J connectivity index is 1.85. The number of hydrogen-bond acceptors (Lipinski definition) is 6. The molecule has 122 valence electrons. The number of ether oxygens (including phenoxy) is 1. The number of rotatable bonds is 3. The van der Waals surface area contributed by atoms with Crippen LogP contribution in [0.15, 0.2) is 54.6 Å². The van der Waals surface area contributed by atoms with Crippen molar-refractivity contribution in [3.63, 3.8) is 0 Å². The van der Waals surface area contributed by atoms with Crippen LogP contribution in [0, 0.1) is 10.8 Å². The molecule has 0 atom stereocenters. The SMILES string of the molecule is N=C1OC(=N)c2c(Nc3ccc(Cl)cc3)nc(-c3ccccc3)nc21. The van der Waals surface area contributed by atoms with Crippen molar-refractivity contribution >= 4 is 34.9 Å². The van der Waals surface area contributed by atoms with Gasteiger partial charge in [-0.15, -0.1) is 0 Å². The minimum absolute atomic E-state index is 0.143. The number of nitrogens with one attached hydrogen (secondary N) is 3. The second-order valence-corrected chi connectivity index (χ2v) is 5.81. The molecule has 6 nitrogen and oxygen atoms in total. The van der Waals surface area contributed by atoms with Gasteiger partial charge in [-0.1, -0.05) is 41.9 Å². The topological polar surface area (TPSA) is 94.7 Å². The van der Waals surface area contributed by atoms with Gasteiger partial charge in [-0.3, -0.25) is 10.8 Å². The highest BCUT2D eigenvalue weighted by Crippen LogP contribution is 2.30. The van der Waals surface area contributed by atoms with E-state index in [0.29, 0.717) is 27.9 Å². The van der Waals surface area contributed by atoms with E-state index in [0.717, 1.165) is 11.3 Å². The Bertz CT molecular complexity index is 986. The minimum atomic E-state index is -0.154. The Morgan fingerprint density at radius 1 is 0.880 bits per heavy atom. The van der Waals surface area contributed by atoms with Gasteiger partial charge in [0.15, 0.2) is 5.82 Å². The molecule has 7 heteroatoms. The lowest BCUT2D eigenvalue weighted by atomic mass is 10.1. The van der Waals surface area contributed by atoms with Crippen molar-refractivity contribution in [2.24, 2.45) is 0 Å². The lowest BCUT2D eigenvalue weighted by Gasteiger charge is -2.11. The van der Waals surface area contributed by atoms with Crippen molar-refractivity contribution in [1.82, 2.24) is 9.97 Å². The number of hydrogen-bond donors (Lipinski definition) is 3. The number of aromatic nitrogens is 2. The van der Waals surface area contributed by atoms with E-state index in [1.54, 1.807) is 12.1 Å². The number of anilines is 2. The largest absolute Gasteiger partial charge is 0.419 e. The third-order valence-electron chi connectivity index (χ3n) is 3.69. The molecule has 0 bridgehead atoms. The van der Waals surface area contributed by atoms with Gasteiger partial charge in [-0.25, -0.2) is 9.97 Å². The second kappa shape index (κ2) is 5.99. The molecule has 0 spiro atoms. The Morgan fingerprint density at radius 2 is 1.60 bits per heavy atom. The molecule has 0 saturated heterocycles. The highest BCUT2D eigenvalue weighted by molar-refractivity contribution is 6.30. The van der Waals surface area contributed by atoms with E-state index in [-0.39, 0.29) is 11.8 Å². The van der Waals surface area contributed by atoms with Crippen molar-refractivity contribution in [3.8, 4) is 11.4 Å². The molecule has 2 heterocycles. The molecule has 1 aromatic heterocycles. The normalized spacial score (nSPS) is 12.7. The Morgan fingerprint density at radius 3 is 2.32 bits per heavy atom. The van der Waals surface area contributed by atoms with Gasteiger partial charge in [0.1, 0.15) is 17.1 Å². The number of nitrogens with zero attached hydrogens (tertiary/aromatic N) is 2. The predicted molar refractivity (Wildman–Crippen MR) is 96.9 cm³/mol. The predicted octanol–water partition coefficient (Wildman–Crippen LogP) is 4.22. The van der Waals surface area contributed by atoms with Gasteiger partial charge in [0.2, 0.25) is 11.8 Å². The van der Waals surface area contributed by atoms with Crippen LogP contribution in [0.4, 0.5) is 11.5 Å². The summed E-state index contributed by atoms with van der Waals surface area (Å²) >= 11 is 5.92. The zero-order chi connectivity index (χ0) is 17.4. The highest BCUT2D eigenvalue weighted by Gasteiger charge is 2.31. The molecule has 3 N–H and O–H groups in total. The van der Waals surface area contributed by atoms with Crippen LogP contribution in [0.1, 0.15) is 11.3 Å². The fourth-order valence-electron chi connectivity index (χ4n) is 2.52. The van der Waals surface area contributed by atoms with Crippen LogP contribution in [-0.4, -0.2) is 21.8 Å². The molecule has 0 aliphatic carbocycles. The third-order valence-corrected chi connectivity index (χ3v) is 3.95. The zero-order valence-electron chi connectivity index (χ0n) is 12.9. The average Bonchev–Trinajstić information content (AvgIpc) is 2.92. The van der Waals surface area contributed by atoms with Crippen molar-refractivity contribution in [2.75, 3.05) is 5.32 Å². The van der Waals surface area contributed by atoms with Crippen LogP contribution in [0.2, 0.25) is 5.02 Å². The van der Waals surface area contributed by atoms with E-state index in [4.69, 9.17) is 27.2 Å². The molecular formula is C18H12ClN5O. The third kappa shape index (κ3) is 2.83. The molecule has 0 unspecified atom stereocenters. The van der Waals surface area contributed by atoms with Gasteiger partial charge in [-0.05, 0) is 24.3 Å². The standard InChI is InChI=1S/C18H12ClN5O/c19-11-6-8-12(9-7-11)22-18-13-14(16(21)25-15(13)20)23-17(24-18)10-4-2-1-3-5-10/h1-9,20-21H,(H,22,23,24). The molecule has 1 aliphatic heterocycles. The molecule has 0 saturated carbocycles. The number of fused-ring (bicyclic) bond motifs is 1. The summed E-state index contributed by atoms with van der Waals surface area (Å²) < 4.78 is 5.12. The zero-order valence-corrected chi connectivity index (χ0v) is 13.6. The van der Waals surface area contributed by atoms with Gasteiger partial charge in [-0.2, -0.15) is 0 Å². The summed E-state index contributed by atoms with van der Waals surface area (Å²) in [7, 11) is 0. The summed E-state index contributed by atoms with van der Waals surface area (Å²) in [4.78, 5) is 8.95. The van der Waals surface area contributed by atoms with Crippen molar-refractivity contribution in [2.45, 2.75) is 0 Å². The Kier molecular flexibility index (Phi) is 3.66. The fraction of sp³-hybridized carbons (Fsp3) is 0. The van der Waals surface area contributed by atoms with Crippen molar-refractivity contribution in [1.29, 1.82) is 10.8 Å². The first-order chi connectivity index (χ1) is 12.1. The summed E-state index contributed by atoms with van der Waals surface area (Å²) in [5.74, 6) is 0.576. The number of benzene rings is 2. The Labute approximate surface area is 148 Å². The fourth-order valence-corrected chi connectivity index (χ4v) is 2.64. The van der Waals surface area contributed by atoms with E-state index in [1.807, 2.05) is 42.5 Å². The summed E-state index contributed by atoms with van der Waals surface area (Å²) in [5.41, 5.74) is 2.25. The average molecular weight is 350 g/mol. The highest BCUT2D eigenvalue weighted by atomic mass is 35.5. The first kappa shape index (κ1) is 15.3. The van der Waals surface area contributed by atoms with Crippen LogP contribution >= 0.6 is 11.6 Å². The first-order valence-corrected chi connectivity index (χ1v) is 7.85. The maximum absolute atomic E-state index is 7.97. The number of halogens is 1. The summed E-state index contributed by atoms with van der Waals surface area (Å²) in [5, 5.41) is 19.7. The molecule has 4 rings (SSSR count). The van der Waals surface area contributed by atoms with Gasteiger partial charge >= 0.3 is 0 Å². The molecule has 2 aromatic carbocycles. The molecule has 0 radical (unpaired) electrons. The molecular weight excluding hydrogens is 338 g/mol. The van der Waals surface area contributed by atoms with Gasteiger partial charge in [0, 0.05) is 16.3 Å². The molecule has 3 aromatic rings. The van der Waals surface area contributed by atoms with E-state index in [1.165, 1.54) is 0 Å². The minimum Gasteiger partial charge on any atom is -0.419 e. The van der Waals surface area contributed by atoms with Gasteiger partial charge in [0.05, 0.1) is 0 Å². The van der Waals surface area contributed by atoms with Crippen LogP contribution in [0.5, 0.6) is 0 Å². The van der Waals surface area contributed by atoms with Crippen molar-refractivity contribution < 1.29 is 4.74 Å². The summed E-state index contributed by atoms with van der Waals surface area (Å²) in [6, 6.07) is 16.6. The van der Waals surface area contributed by atoms with E-state index in [2.05, 4.69) is 15.3 Å². The van der Waals surface area contributed by atoms with Gasteiger partial charge < -0.3 is 10.1 Å². The van der Waals surface area contributed by atoms with Crippen LogP contribution in [-0.2, 0) is 4.74 Å². The maximum Gasteiger partial charge on any atom is 0.240 e. The van der Waals surface area contributed by atoms with Crippen LogP contribution in [0.25, 0.3) is 11.4 Å². The van der Waals surface area contributed by atoms with E-state index < -0.39 is 0 Å². The smallest absolute Gasteiger partial charge is 0.240 e. The summed E-state index contributed by atoms with van der Waals surface area (Å²) in [6.45, 7) is 0. The van der Waals surface area contributed by atoms with Gasteiger partial charge in [0.25, 0.3) is 0 Å². The second-order valence-electron chi connectivity index (χ2n) is 5.38. The molecule has 25 heavy (non-hydrogen) atoms. The maximum atomic E-state index is 7.97. The van der Waals surface area contributed by atoms with E-state index in [9.17, 15) is 0 Å². The first-order valence-electron chi connectivity index (χ1n) is 7.47. The summed E-state index contributed by atoms with van der Waals surface area (Å²) in [6.07, 6.45) is 0. The monoisotopic (exact) mass is 349 g/mol. The Hall–Kier alpha value is -3.25. The molecule has 0 amide bonds. The van der Waals surface area contributed by atoms with E-state index >= 15 is 0 Å².